The number of aromatic nitrogens is 1. The number of aryl methyl sites for hydroxylation is 1. The average Bonchev–Trinajstić information content (AvgIpc) is 2.96. The molecule has 0 fully saturated rings. The van der Waals surface area contributed by atoms with Gasteiger partial charge in [0.2, 0.25) is 5.91 Å². The Bertz CT molecular complexity index is 1030. The van der Waals surface area contributed by atoms with Crippen LogP contribution in [0.4, 0.5) is 5.13 Å². The molecule has 0 aliphatic rings. The number of thiazole rings is 1. The number of carbonyl (C=O) groups is 1. The highest BCUT2D eigenvalue weighted by atomic mass is 35.5. The summed E-state index contributed by atoms with van der Waals surface area (Å²) in [6.07, 6.45) is -0.132. The number of benzene rings is 2. The summed E-state index contributed by atoms with van der Waals surface area (Å²) >= 11 is 7.33. The zero-order valence-corrected chi connectivity index (χ0v) is 15.7. The van der Waals surface area contributed by atoms with Crippen LogP contribution in [0.5, 0.6) is 0 Å². The van der Waals surface area contributed by atoms with Crippen LogP contribution < -0.4 is 5.32 Å². The van der Waals surface area contributed by atoms with Gasteiger partial charge in [0.05, 0.1) is 20.9 Å². The fourth-order valence-electron chi connectivity index (χ4n) is 2.36. The van der Waals surface area contributed by atoms with Crippen LogP contribution in [0.25, 0.3) is 10.2 Å². The van der Waals surface area contributed by atoms with E-state index in [1.54, 1.807) is 24.3 Å². The molecule has 130 valence electrons. The summed E-state index contributed by atoms with van der Waals surface area (Å²) in [7, 11) is -3.48. The molecule has 8 heteroatoms. The lowest BCUT2D eigenvalue weighted by molar-refractivity contribution is -0.115. The Morgan fingerprint density at radius 1 is 1.24 bits per heavy atom. The molecule has 0 spiro atoms. The molecule has 5 nitrogen and oxygen atoms in total. The highest BCUT2D eigenvalue weighted by Crippen LogP contribution is 2.31. The lowest BCUT2D eigenvalue weighted by Gasteiger charge is -2.04. The normalized spacial score (nSPS) is 11.6. The van der Waals surface area contributed by atoms with E-state index >= 15 is 0 Å². The number of halogens is 1. The van der Waals surface area contributed by atoms with Gasteiger partial charge in [-0.15, -0.1) is 0 Å². The van der Waals surface area contributed by atoms with E-state index < -0.39 is 9.84 Å². The molecule has 0 bridgehead atoms. The van der Waals surface area contributed by atoms with Gasteiger partial charge in [-0.3, -0.25) is 4.79 Å². The first kappa shape index (κ1) is 17.8. The predicted molar refractivity (Wildman–Crippen MR) is 101 cm³/mol. The summed E-state index contributed by atoms with van der Waals surface area (Å²) in [5.74, 6) is -0.638. The molecule has 1 aromatic heterocycles. The second kappa shape index (κ2) is 7.11. The Balaban J connectivity index is 1.68. The number of nitrogens with zero attached hydrogens (tertiary/aromatic N) is 1. The van der Waals surface area contributed by atoms with Gasteiger partial charge in [0.15, 0.2) is 15.0 Å². The molecule has 1 heterocycles. The number of hydrogen-bond donors (Lipinski definition) is 1. The number of hydrogen-bond acceptors (Lipinski definition) is 5. The van der Waals surface area contributed by atoms with Crippen molar-refractivity contribution in [3.63, 3.8) is 0 Å². The zero-order valence-electron chi connectivity index (χ0n) is 13.3. The largest absolute Gasteiger partial charge is 0.302 e. The molecule has 0 unspecified atom stereocenters. The molecule has 0 saturated carbocycles. The van der Waals surface area contributed by atoms with E-state index in [0.29, 0.717) is 10.2 Å². The van der Waals surface area contributed by atoms with Crippen LogP contribution in [-0.2, 0) is 14.6 Å². The molecule has 0 aliphatic carbocycles. The van der Waals surface area contributed by atoms with Crippen molar-refractivity contribution in [1.82, 2.24) is 4.98 Å². The van der Waals surface area contributed by atoms with Crippen LogP contribution in [0, 0.1) is 6.92 Å². The summed E-state index contributed by atoms with van der Waals surface area (Å²) < 4.78 is 25.3. The summed E-state index contributed by atoms with van der Waals surface area (Å²) in [4.78, 5) is 16.7. The molecule has 0 radical (unpaired) electrons. The van der Waals surface area contributed by atoms with Crippen LogP contribution in [0.15, 0.2) is 47.4 Å². The fraction of sp³-hybridized carbons (Fsp3) is 0.176. The van der Waals surface area contributed by atoms with Gasteiger partial charge in [0.25, 0.3) is 0 Å². The van der Waals surface area contributed by atoms with Crippen LogP contribution in [0.3, 0.4) is 0 Å². The maximum absolute atomic E-state index is 12.2. The Morgan fingerprint density at radius 2 is 1.96 bits per heavy atom. The van der Waals surface area contributed by atoms with Crippen molar-refractivity contribution in [1.29, 1.82) is 0 Å². The van der Waals surface area contributed by atoms with Crippen molar-refractivity contribution >= 4 is 54.0 Å². The van der Waals surface area contributed by atoms with Gasteiger partial charge in [-0.05, 0) is 36.8 Å². The quantitative estimate of drug-likeness (QED) is 0.707. The molecule has 25 heavy (non-hydrogen) atoms. The molecule has 3 rings (SSSR count). The second-order valence-corrected chi connectivity index (χ2v) is 9.09. The topological polar surface area (TPSA) is 76.1 Å². The van der Waals surface area contributed by atoms with E-state index in [9.17, 15) is 13.2 Å². The van der Waals surface area contributed by atoms with Crippen molar-refractivity contribution < 1.29 is 13.2 Å². The number of fused-ring (bicyclic) bond motifs is 1. The summed E-state index contributed by atoms with van der Waals surface area (Å²) in [6.45, 7) is 1.89. The molecule has 0 atom stereocenters. The van der Waals surface area contributed by atoms with Gasteiger partial charge in [0, 0.05) is 11.4 Å². The minimum Gasteiger partial charge on any atom is -0.302 e. The monoisotopic (exact) mass is 394 g/mol. The number of amides is 1. The number of sulfone groups is 1. The number of anilines is 1. The van der Waals surface area contributed by atoms with Crippen LogP contribution in [0.2, 0.25) is 5.02 Å². The van der Waals surface area contributed by atoms with E-state index in [1.807, 2.05) is 13.0 Å². The predicted octanol–water partition coefficient (Wildman–Crippen LogP) is 4.06. The van der Waals surface area contributed by atoms with Crippen LogP contribution in [0.1, 0.15) is 12.0 Å². The Hall–Kier alpha value is -1.96. The third-order valence-electron chi connectivity index (χ3n) is 3.60. The standard InChI is InChI=1S/C17H15ClN2O3S2/c1-11-9-12(18)10-14-16(11)20-17(24-14)19-15(21)7-8-25(22,23)13-5-3-2-4-6-13/h2-6,9-10H,7-8H2,1H3,(H,19,20,21). The summed E-state index contributed by atoms with van der Waals surface area (Å²) in [5.41, 5.74) is 1.70. The van der Waals surface area contributed by atoms with Gasteiger partial charge in [-0.2, -0.15) is 0 Å². The summed E-state index contributed by atoms with van der Waals surface area (Å²) in [6, 6.07) is 11.7. The van der Waals surface area contributed by atoms with E-state index in [1.165, 1.54) is 23.5 Å². The SMILES string of the molecule is Cc1cc(Cl)cc2sc(NC(=O)CCS(=O)(=O)c3ccccc3)nc12. The first-order valence-corrected chi connectivity index (χ1v) is 10.3. The van der Waals surface area contributed by atoms with E-state index in [0.717, 1.165) is 15.8 Å². The Kier molecular flexibility index (Phi) is 5.08. The molecule has 0 saturated heterocycles. The third-order valence-corrected chi connectivity index (χ3v) is 6.46. The first-order chi connectivity index (χ1) is 11.8. The molecular weight excluding hydrogens is 380 g/mol. The Labute approximate surface area is 154 Å². The number of nitrogens with one attached hydrogen (secondary N) is 1. The smallest absolute Gasteiger partial charge is 0.227 e. The highest BCUT2D eigenvalue weighted by molar-refractivity contribution is 7.91. The molecule has 0 aliphatic heterocycles. The second-order valence-electron chi connectivity index (χ2n) is 5.52. The lowest BCUT2D eigenvalue weighted by atomic mass is 10.2. The van der Waals surface area contributed by atoms with E-state index in [-0.39, 0.29) is 23.0 Å². The fourth-order valence-corrected chi connectivity index (χ4v) is 4.96. The Morgan fingerprint density at radius 3 is 2.68 bits per heavy atom. The van der Waals surface area contributed by atoms with Crippen molar-refractivity contribution in [3.05, 3.63) is 53.1 Å². The first-order valence-electron chi connectivity index (χ1n) is 7.49. The van der Waals surface area contributed by atoms with Crippen molar-refractivity contribution in [3.8, 4) is 0 Å². The van der Waals surface area contributed by atoms with Crippen molar-refractivity contribution in [2.45, 2.75) is 18.2 Å². The summed E-state index contributed by atoms with van der Waals surface area (Å²) in [5, 5.41) is 3.71. The van der Waals surface area contributed by atoms with Crippen molar-refractivity contribution in [2.24, 2.45) is 0 Å². The molecular formula is C17H15ClN2O3S2. The number of carbonyl (C=O) groups excluding carboxylic acids is 1. The maximum atomic E-state index is 12.2. The third kappa shape index (κ3) is 4.18. The van der Waals surface area contributed by atoms with Crippen LogP contribution in [-0.4, -0.2) is 25.1 Å². The van der Waals surface area contributed by atoms with Gasteiger partial charge in [-0.1, -0.05) is 41.1 Å². The lowest BCUT2D eigenvalue weighted by Crippen LogP contribution is -2.17. The maximum Gasteiger partial charge on any atom is 0.227 e. The van der Waals surface area contributed by atoms with Gasteiger partial charge < -0.3 is 5.32 Å². The minimum absolute atomic E-state index is 0.132. The molecule has 2 aromatic carbocycles. The number of rotatable bonds is 5. The van der Waals surface area contributed by atoms with E-state index in [2.05, 4.69) is 10.3 Å². The van der Waals surface area contributed by atoms with Crippen molar-refractivity contribution in [2.75, 3.05) is 11.1 Å². The minimum atomic E-state index is -3.48. The van der Waals surface area contributed by atoms with Gasteiger partial charge in [0.1, 0.15) is 0 Å². The average molecular weight is 395 g/mol. The molecule has 1 amide bonds. The van der Waals surface area contributed by atoms with Gasteiger partial charge >= 0.3 is 0 Å². The highest BCUT2D eigenvalue weighted by Gasteiger charge is 2.17. The molecule has 3 aromatic rings. The van der Waals surface area contributed by atoms with Crippen LogP contribution >= 0.6 is 22.9 Å². The van der Waals surface area contributed by atoms with Gasteiger partial charge in [-0.25, -0.2) is 13.4 Å². The van der Waals surface area contributed by atoms with E-state index in [4.69, 9.17) is 11.6 Å². The zero-order chi connectivity index (χ0) is 18.0. The molecule has 1 N–H and O–H groups in total.